The van der Waals surface area contributed by atoms with Gasteiger partial charge in [-0.25, -0.2) is 0 Å². The standard InChI is InChI=1S/C17H23N7/c1-4-13(5-2)20-16-10-15(17-22-21-12(3)24(17)23-16)19-11-14-8-6-7-9-18-14/h6-10,13,19H,4-5,11H2,1-3H3,(H,20,23). The van der Waals surface area contributed by atoms with Crippen molar-refractivity contribution >= 4 is 17.2 Å². The maximum atomic E-state index is 4.61. The summed E-state index contributed by atoms with van der Waals surface area (Å²) in [6.07, 6.45) is 3.89. The van der Waals surface area contributed by atoms with Crippen LogP contribution in [-0.4, -0.2) is 30.8 Å². The quantitative estimate of drug-likeness (QED) is 0.695. The van der Waals surface area contributed by atoms with Gasteiger partial charge >= 0.3 is 0 Å². The molecule has 126 valence electrons. The number of pyridine rings is 1. The molecule has 3 heterocycles. The van der Waals surface area contributed by atoms with Crippen LogP contribution in [0.5, 0.6) is 0 Å². The van der Waals surface area contributed by atoms with Gasteiger partial charge in [-0.1, -0.05) is 19.9 Å². The molecule has 0 aliphatic carbocycles. The third kappa shape index (κ3) is 3.45. The van der Waals surface area contributed by atoms with E-state index in [9.17, 15) is 0 Å². The molecule has 0 fully saturated rings. The number of aromatic nitrogens is 5. The Kier molecular flexibility index (Phi) is 4.88. The van der Waals surface area contributed by atoms with E-state index in [2.05, 4.69) is 44.8 Å². The molecule has 0 aromatic carbocycles. The van der Waals surface area contributed by atoms with Crippen LogP contribution in [-0.2, 0) is 6.54 Å². The van der Waals surface area contributed by atoms with E-state index in [0.29, 0.717) is 12.6 Å². The van der Waals surface area contributed by atoms with Crippen LogP contribution >= 0.6 is 0 Å². The van der Waals surface area contributed by atoms with Crippen molar-refractivity contribution in [3.63, 3.8) is 0 Å². The van der Waals surface area contributed by atoms with Crippen LogP contribution in [0.15, 0.2) is 30.5 Å². The van der Waals surface area contributed by atoms with Gasteiger partial charge in [0.05, 0.1) is 17.9 Å². The zero-order valence-corrected chi connectivity index (χ0v) is 14.3. The van der Waals surface area contributed by atoms with Crippen LogP contribution < -0.4 is 10.6 Å². The molecule has 2 N–H and O–H groups in total. The number of nitrogens with zero attached hydrogens (tertiary/aromatic N) is 5. The highest BCUT2D eigenvalue weighted by atomic mass is 15.4. The van der Waals surface area contributed by atoms with Gasteiger partial charge in [0.25, 0.3) is 0 Å². The Labute approximate surface area is 141 Å². The van der Waals surface area contributed by atoms with Crippen molar-refractivity contribution in [3.05, 3.63) is 42.0 Å². The molecule has 0 amide bonds. The van der Waals surface area contributed by atoms with Gasteiger partial charge in [-0.05, 0) is 31.9 Å². The van der Waals surface area contributed by atoms with Crippen molar-refractivity contribution in [2.45, 2.75) is 46.2 Å². The van der Waals surface area contributed by atoms with Gasteiger partial charge in [-0.2, -0.15) is 4.52 Å². The molecule has 0 spiro atoms. The average molecular weight is 325 g/mol. The molecule has 3 aromatic rings. The first-order chi connectivity index (χ1) is 11.7. The summed E-state index contributed by atoms with van der Waals surface area (Å²) in [6.45, 7) is 6.86. The largest absolute Gasteiger partial charge is 0.376 e. The van der Waals surface area contributed by atoms with Crippen molar-refractivity contribution in [3.8, 4) is 0 Å². The second-order valence-corrected chi connectivity index (χ2v) is 5.76. The Morgan fingerprint density at radius 3 is 2.71 bits per heavy atom. The van der Waals surface area contributed by atoms with E-state index in [1.165, 1.54) is 0 Å². The molecule has 0 unspecified atom stereocenters. The minimum Gasteiger partial charge on any atom is -0.376 e. The van der Waals surface area contributed by atoms with Gasteiger partial charge < -0.3 is 10.6 Å². The topological polar surface area (TPSA) is 80.0 Å². The van der Waals surface area contributed by atoms with E-state index in [0.717, 1.165) is 41.5 Å². The Morgan fingerprint density at radius 2 is 2.00 bits per heavy atom. The summed E-state index contributed by atoms with van der Waals surface area (Å²) in [4.78, 5) is 4.34. The van der Waals surface area contributed by atoms with E-state index in [1.54, 1.807) is 10.7 Å². The van der Waals surface area contributed by atoms with Crippen LogP contribution in [0.1, 0.15) is 38.2 Å². The molecule has 0 saturated heterocycles. The lowest BCUT2D eigenvalue weighted by Gasteiger charge is -2.16. The monoisotopic (exact) mass is 325 g/mol. The van der Waals surface area contributed by atoms with E-state index >= 15 is 0 Å². The number of rotatable bonds is 7. The van der Waals surface area contributed by atoms with Gasteiger partial charge in [-0.3, -0.25) is 4.98 Å². The predicted octanol–water partition coefficient (Wildman–Crippen LogP) is 3.04. The Bertz CT molecular complexity index is 793. The van der Waals surface area contributed by atoms with Crippen LogP contribution in [0.4, 0.5) is 11.5 Å². The molecule has 0 radical (unpaired) electrons. The number of anilines is 2. The summed E-state index contributed by atoms with van der Waals surface area (Å²) < 4.78 is 1.77. The average Bonchev–Trinajstić information content (AvgIpc) is 3.00. The number of fused-ring (bicyclic) bond motifs is 1. The first kappa shape index (κ1) is 16.2. The highest BCUT2D eigenvalue weighted by Gasteiger charge is 2.12. The minimum atomic E-state index is 0.398. The highest BCUT2D eigenvalue weighted by molar-refractivity contribution is 5.70. The van der Waals surface area contributed by atoms with Crippen molar-refractivity contribution in [1.29, 1.82) is 0 Å². The molecule has 3 aromatic heterocycles. The fourth-order valence-electron chi connectivity index (χ4n) is 2.57. The fraction of sp³-hybridized carbons (Fsp3) is 0.412. The Hall–Kier alpha value is -2.70. The maximum Gasteiger partial charge on any atom is 0.201 e. The first-order valence-electron chi connectivity index (χ1n) is 8.34. The Morgan fingerprint density at radius 1 is 1.17 bits per heavy atom. The van der Waals surface area contributed by atoms with Crippen molar-refractivity contribution in [2.75, 3.05) is 10.6 Å². The number of nitrogens with one attached hydrogen (secondary N) is 2. The molecule has 3 rings (SSSR count). The second-order valence-electron chi connectivity index (χ2n) is 5.76. The third-order valence-electron chi connectivity index (χ3n) is 4.05. The third-order valence-corrected chi connectivity index (χ3v) is 4.05. The van der Waals surface area contributed by atoms with Crippen LogP contribution in [0, 0.1) is 6.92 Å². The smallest absolute Gasteiger partial charge is 0.201 e. The summed E-state index contributed by atoms with van der Waals surface area (Å²) in [6, 6.07) is 8.27. The summed E-state index contributed by atoms with van der Waals surface area (Å²) >= 11 is 0. The summed E-state index contributed by atoms with van der Waals surface area (Å²) in [5.74, 6) is 1.58. The molecule has 0 aliphatic heterocycles. The first-order valence-corrected chi connectivity index (χ1v) is 8.34. The zero-order chi connectivity index (χ0) is 16.9. The second kappa shape index (κ2) is 7.25. The normalized spacial score (nSPS) is 11.2. The van der Waals surface area contributed by atoms with E-state index in [4.69, 9.17) is 0 Å². The molecule has 0 atom stereocenters. The summed E-state index contributed by atoms with van der Waals surface area (Å²) in [5.41, 5.74) is 2.58. The lowest BCUT2D eigenvalue weighted by Crippen LogP contribution is -2.19. The summed E-state index contributed by atoms with van der Waals surface area (Å²) in [7, 11) is 0. The Balaban J connectivity index is 1.90. The van der Waals surface area contributed by atoms with Crippen molar-refractivity contribution in [1.82, 2.24) is 24.8 Å². The lowest BCUT2D eigenvalue weighted by molar-refractivity contribution is 0.664. The minimum absolute atomic E-state index is 0.398. The molecule has 7 nitrogen and oxygen atoms in total. The highest BCUT2D eigenvalue weighted by Crippen LogP contribution is 2.21. The number of hydrogen-bond acceptors (Lipinski definition) is 6. The molecule has 0 saturated carbocycles. The molecule has 0 aliphatic rings. The fourth-order valence-corrected chi connectivity index (χ4v) is 2.57. The molecule has 24 heavy (non-hydrogen) atoms. The van der Waals surface area contributed by atoms with Gasteiger partial charge in [0, 0.05) is 18.3 Å². The van der Waals surface area contributed by atoms with Gasteiger partial charge in [0.1, 0.15) is 5.82 Å². The predicted molar refractivity (Wildman–Crippen MR) is 95.1 cm³/mol. The number of aryl methyl sites for hydroxylation is 1. The van der Waals surface area contributed by atoms with Crippen molar-refractivity contribution in [2.24, 2.45) is 0 Å². The summed E-state index contributed by atoms with van der Waals surface area (Å²) in [5, 5.41) is 19.9. The van der Waals surface area contributed by atoms with Crippen LogP contribution in [0.2, 0.25) is 0 Å². The van der Waals surface area contributed by atoms with E-state index in [1.807, 2.05) is 31.2 Å². The maximum absolute atomic E-state index is 4.61. The van der Waals surface area contributed by atoms with Gasteiger partial charge in [0.2, 0.25) is 5.65 Å². The lowest BCUT2D eigenvalue weighted by atomic mass is 10.2. The van der Waals surface area contributed by atoms with Gasteiger partial charge in [0.15, 0.2) is 5.82 Å². The van der Waals surface area contributed by atoms with E-state index < -0.39 is 0 Å². The molecular weight excluding hydrogens is 302 g/mol. The van der Waals surface area contributed by atoms with Gasteiger partial charge in [-0.15, -0.1) is 15.3 Å². The number of hydrogen-bond donors (Lipinski definition) is 2. The molecule has 0 bridgehead atoms. The zero-order valence-electron chi connectivity index (χ0n) is 14.3. The van der Waals surface area contributed by atoms with Crippen molar-refractivity contribution < 1.29 is 0 Å². The van der Waals surface area contributed by atoms with Crippen LogP contribution in [0.3, 0.4) is 0 Å². The van der Waals surface area contributed by atoms with Crippen LogP contribution in [0.25, 0.3) is 5.65 Å². The molecular formula is C17H23N7. The van der Waals surface area contributed by atoms with E-state index in [-0.39, 0.29) is 0 Å². The SMILES string of the molecule is CCC(CC)Nc1cc(NCc2ccccn2)c2nnc(C)n2n1. The molecule has 7 heteroatoms.